The van der Waals surface area contributed by atoms with Gasteiger partial charge in [-0.3, -0.25) is 0 Å². The van der Waals surface area contributed by atoms with Crippen molar-refractivity contribution in [2.75, 3.05) is 0 Å². The predicted octanol–water partition coefficient (Wildman–Crippen LogP) is 4.40. The fraction of sp³-hybridized carbons (Fsp3) is 0.312. The molecule has 0 radical (unpaired) electrons. The Labute approximate surface area is 110 Å². The molecule has 0 bridgehead atoms. The molecule has 1 aromatic rings. The van der Waals surface area contributed by atoms with Crippen molar-refractivity contribution in [2.24, 2.45) is 0 Å². The van der Waals surface area contributed by atoms with Gasteiger partial charge in [0.1, 0.15) is 0 Å². The smallest absolute Gasteiger partial charge is 0.0963 e. The molecule has 0 heterocycles. The summed E-state index contributed by atoms with van der Waals surface area (Å²) >= 11 is 0. The van der Waals surface area contributed by atoms with E-state index in [1.807, 2.05) is 6.08 Å². The monoisotopic (exact) mass is 243 g/mol. The maximum Gasteiger partial charge on any atom is 0.0963 e. The van der Waals surface area contributed by atoms with E-state index in [0.717, 1.165) is 18.6 Å². The third-order valence-electron chi connectivity index (χ3n) is 2.57. The molecule has 1 N–H and O–H groups in total. The summed E-state index contributed by atoms with van der Waals surface area (Å²) in [7, 11) is 0. The first-order chi connectivity index (χ1) is 8.58. The lowest BCUT2D eigenvalue weighted by molar-refractivity contribution is 0.335. The summed E-state index contributed by atoms with van der Waals surface area (Å²) in [4.78, 5) is 0. The van der Waals surface area contributed by atoms with Crippen molar-refractivity contribution in [3.63, 3.8) is 0 Å². The van der Waals surface area contributed by atoms with E-state index in [-0.39, 0.29) is 0 Å². The van der Waals surface area contributed by atoms with Crippen LogP contribution in [0.3, 0.4) is 0 Å². The summed E-state index contributed by atoms with van der Waals surface area (Å²) in [6.45, 7) is 7.74. The van der Waals surface area contributed by atoms with Gasteiger partial charge in [0, 0.05) is 18.6 Å². The minimum Gasteiger partial charge on any atom is -0.470 e. The second kappa shape index (κ2) is 7.49. The fourth-order valence-electron chi connectivity index (χ4n) is 1.47. The van der Waals surface area contributed by atoms with Crippen molar-refractivity contribution in [1.29, 1.82) is 5.41 Å². The van der Waals surface area contributed by atoms with Crippen molar-refractivity contribution < 1.29 is 4.74 Å². The summed E-state index contributed by atoms with van der Waals surface area (Å²) < 4.78 is 5.37. The summed E-state index contributed by atoms with van der Waals surface area (Å²) in [6, 6.07) is 8.51. The molecule has 0 aliphatic heterocycles. The van der Waals surface area contributed by atoms with Crippen molar-refractivity contribution in [3.05, 3.63) is 60.1 Å². The first-order valence-corrected chi connectivity index (χ1v) is 6.17. The molecule has 0 unspecified atom stereocenters. The van der Waals surface area contributed by atoms with Gasteiger partial charge in [-0.2, -0.15) is 0 Å². The van der Waals surface area contributed by atoms with Crippen LogP contribution in [0.1, 0.15) is 30.9 Å². The quantitative estimate of drug-likeness (QED) is 0.558. The molecule has 0 aromatic heterocycles. The fourth-order valence-corrected chi connectivity index (χ4v) is 1.47. The van der Waals surface area contributed by atoms with Gasteiger partial charge in [-0.05, 0) is 31.9 Å². The van der Waals surface area contributed by atoms with Crippen LogP contribution >= 0.6 is 0 Å². The molecule has 0 atom stereocenters. The molecule has 0 aliphatic rings. The predicted molar refractivity (Wildman–Crippen MR) is 76.9 cm³/mol. The van der Waals surface area contributed by atoms with Gasteiger partial charge in [0.2, 0.25) is 0 Å². The van der Waals surface area contributed by atoms with Gasteiger partial charge in [-0.25, -0.2) is 0 Å². The van der Waals surface area contributed by atoms with Crippen LogP contribution in [0.15, 0.2) is 48.9 Å². The largest absolute Gasteiger partial charge is 0.470 e. The molecule has 0 aliphatic carbocycles. The molecule has 0 saturated carbocycles. The van der Waals surface area contributed by atoms with Crippen LogP contribution in [0, 0.1) is 12.3 Å². The lowest BCUT2D eigenvalue weighted by Crippen LogP contribution is -1.90. The zero-order valence-corrected chi connectivity index (χ0v) is 11.2. The lowest BCUT2D eigenvalue weighted by atomic mass is 10.1. The molecule has 18 heavy (non-hydrogen) atoms. The first kappa shape index (κ1) is 14.2. The second-order valence-corrected chi connectivity index (χ2v) is 4.50. The van der Waals surface area contributed by atoms with Crippen molar-refractivity contribution in [2.45, 2.75) is 33.1 Å². The van der Waals surface area contributed by atoms with Crippen LogP contribution in [0.4, 0.5) is 0 Å². The van der Waals surface area contributed by atoms with Gasteiger partial charge < -0.3 is 10.1 Å². The number of rotatable bonds is 7. The summed E-state index contributed by atoms with van der Waals surface area (Å²) in [6.07, 6.45) is 5.84. The van der Waals surface area contributed by atoms with Crippen molar-refractivity contribution in [1.82, 2.24) is 0 Å². The van der Waals surface area contributed by atoms with E-state index in [0.29, 0.717) is 12.1 Å². The maximum atomic E-state index is 7.26. The highest BCUT2D eigenvalue weighted by atomic mass is 16.5. The lowest BCUT2D eigenvalue weighted by Gasteiger charge is -2.05. The Hall–Kier alpha value is -1.83. The van der Waals surface area contributed by atoms with E-state index in [4.69, 9.17) is 10.1 Å². The average molecular weight is 243 g/mol. The molecule has 1 rings (SSSR count). The van der Waals surface area contributed by atoms with Crippen LogP contribution in [-0.4, -0.2) is 5.71 Å². The highest BCUT2D eigenvalue weighted by Gasteiger charge is 1.96. The van der Waals surface area contributed by atoms with Gasteiger partial charge in [-0.15, -0.1) is 0 Å². The van der Waals surface area contributed by atoms with Gasteiger partial charge >= 0.3 is 0 Å². The molecular formula is C16H21NO. The van der Waals surface area contributed by atoms with E-state index < -0.39 is 0 Å². The Kier molecular flexibility index (Phi) is 5.92. The third kappa shape index (κ3) is 6.04. The SMILES string of the molecule is C=C(CCc1ccc(C)cc1)OC=CCC(C)=N. The number of hydrogen-bond acceptors (Lipinski definition) is 2. The van der Waals surface area contributed by atoms with E-state index in [2.05, 4.69) is 37.8 Å². The molecule has 0 spiro atoms. The van der Waals surface area contributed by atoms with E-state index >= 15 is 0 Å². The average Bonchev–Trinajstić information content (AvgIpc) is 2.34. The zero-order valence-electron chi connectivity index (χ0n) is 11.2. The summed E-state index contributed by atoms with van der Waals surface area (Å²) in [5, 5.41) is 7.26. The summed E-state index contributed by atoms with van der Waals surface area (Å²) in [5.74, 6) is 0.759. The van der Waals surface area contributed by atoms with Gasteiger partial charge in [-0.1, -0.05) is 36.4 Å². The molecule has 0 amide bonds. The van der Waals surface area contributed by atoms with Crippen LogP contribution < -0.4 is 0 Å². The molecular weight excluding hydrogens is 222 g/mol. The van der Waals surface area contributed by atoms with Gasteiger partial charge in [0.15, 0.2) is 0 Å². The Morgan fingerprint density at radius 1 is 1.33 bits per heavy atom. The molecule has 0 fully saturated rings. The van der Waals surface area contributed by atoms with Gasteiger partial charge in [0.05, 0.1) is 12.0 Å². The topological polar surface area (TPSA) is 33.1 Å². The number of allylic oxidation sites excluding steroid dienone is 2. The maximum absolute atomic E-state index is 7.26. The zero-order chi connectivity index (χ0) is 13.4. The normalized spacial score (nSPS) is 10.6. The summed E-state index contributed by atoms with van der Waals surface area (Å²) in [5.41, 5.74) is 3.20. The van der Waals surface area contributed by atoms with Crippen LogP contribution in [0.25, 0.3) is 0 Å². The number of aryl methyl sites for hydroxylation is 2. The Balaban J connectivity index is 2.26. The number of benzene rings is 1. The Morgan fingerprint density at radius 3 is 2.61 bits per heavy atom. The molecule has 1 aromatic carbocycles. The highest BCUT2D eigenvalue weighted by molar-refractivity contribution is 5.79. The molecule has 2 nitrogen and oxygen atoms in total. The number of hydrogen-bond donors (Lipinski definition) is 1. The van der Waals surface area contributed by atoms with Crippen LogP contribution in [0.2, 0.25) is 0 Å². The Bertz CT molecular complexity index is 429. The van der Waals surface area contributed by atoms with Crippen molar-refractivity contribution >= 4 is 5.71 Å². The standard InChI is InChI=1S/C16H21NO/c1-13-6-9-16(10-7-13)11-8-15(3)18-12-4-5-14(2)17/h4,6-7,9-10,12,17H,3,5,8,11H2,1-2H3. The molecule has 96 valence electrons. The molecule has 0 saturated heterocycles. The minimum absolute atomic E-state index is 0.625. The Morgan fingerprint density at radius 2 is 2.00 bits per heavy atom. The van der Waals surface area contributed by atoms with E-state index in [1.54, 1.807) is 13.2 Å². The van der Waals surface area contributed by atoms with E-state index in [1.165, 1.54) is 11.1 Å². The van der Waals surface area contributed by atoms with Crippen LogP contribution in [-0.2, 0) is 11.2 Å². The van der Waals surface area contributed by atoms with Gasteiger partial charge in [0.25, 0.3) is 0 Å². The number of nitrogens with one attached hydrogen (secondary N) is 1. The highest BCUT2D eigenvalue weighted by Crippen LogP contribution is 2.10. The first-order valence-electron chi connectivity index (χ1n) is 6.17. The van der Waals surface area contributed by atoms with Crippen molar-refractivity contribution in [3.8, 4) is 0 Å². The minimum atomic E-state index is 0.625. The second-order valence-electron chi connectivity index (χ2n) is 4.50. The number of ether oxygens (including phenoxy) is 1. The van der Waals surface area contributed by atoms with Crippen LogP contribution in [0.5, 0.6) is 0 Å². The van der Waals surface area contributed by atoms with E-state index in [9.17, 15) is 0 Å². The molecule has 2 heteroatoms. The third-order valence-corrected chi connectivity index (χ3v) is 2.57.